The fourth-order valence-corrected chi connectivity index (χ4v) is 3.07. The largest absolute Gasteiger partial charge is 0.772 e. The highest BCUT2D eigenvalue weighted by molar-refractivity contribution is 9.08. The zero-order valence-electron chi connectivity index (χ0n) is 10.5. The van der Waals surface area contributed by atoms with Crippen molar-refractivity contribution in [1.82, 2.24) is 0 Å². The molecule has 4 heteroatoms. The van der Waals surface area contributed by atoms with Gasteiger partial charge in [-0.15, -0.1) is 0 Å². The molecule has 2 aromatic carbocycles. The summed E-state index contributed by atoms with van der Waals surface area (Å²) in [6, 6.07) is 15.2. The molecule has 2 nitrogen and oxygen atoms in total. The maximum Gasteiger partial charge on any atom is 0.0714 e. The highest BCUT2D eigenvalue weighted by Crippen LogP contribution is 2.28. The minimum atomic E-state index is -2.18. The molecule has 19 heavy (non-hydrogen) atoms. The van der Waals surface area contributed by atoms with Crippen LogP contribution in [0.3, 0.4) is 0 Å². The fourth-order valence-electron chi connectivity index (χ4n) is 1.94. The normalized spacial score (nSPS) is 14.1. The smallest absolute Gasteiger partial charge is 0.0714 e. The Bertz CT molecular complexity index is 564. The Kier molecular flexibility index (Phi) is 4.91. The number of benzene rings is 2. The van der Waals surface area contributed by atoms with Crippen molar-refractivity contribution in [2.45, 2.75) is 17.5 Å². The zero-order chi connectivity index (χ0) is 13.8. The Morgan fingerprint density at radius 3 is 1.95 bits per heavy atom. The van der Waals surface area contributed by atoms with Gasteiger partial charge in [-0.3, -0.25) is 4.21 Å². The molecule has 100 valence electrons. The third-order valence-electron chi connectivity index (χ3n) is 3.01. The molecule has 2 unspecified atom stereocenters. The van der Waals surface area contributed by atoms with Gasteiger partial charge in [0.25, 0.3) is 0 Å². The molecule has 0 aromatic heterocycles. The van der Waals surface area contributed by atoms with Crippen LogP contribution in [-0.2, 0) is 16.4 Å². The number of alkyl halides is 1. The summed E-state index contributed by atoms with van der Waals surface area (Å²) in [7, 11) is 0. The molecule has 0 aliphatic rings. The highest BCUT2D eigenvalue weighted by atomic mass is 79.9. The first-order chi connectivity index (χ1) is 9.11. The van der Waals surface area contributed by atoms with E-state index in [0.717, 1.165) is 27.6 Å². The van der Waals surface area contributed by atoms with Gasteiger partial charge in [0.05, 0.1) is 5.25 Å². The second-order valence-electron chi connectivity index (χ2n) is 4.43. The molecular formula is C15H14BrO2S-. The number of rotatable bonds is 4. The molecule has 0 N–H and O–H groups in total. The van der Waals surface area contributed by atoms with Crippen molar-refractivity contribution in [3.63, 3.8) is 0 Å². The van der Waals surface area contributed by atoms with Gasteiger partial charge in [-0.25, -0.2) is 0 Å². The summed E-state index contributed by atoms with van der Waals surface area (Å²) < 4.78 is 23.1. The number of aryl methyl sites for hydroxylation is 1. The average Bonchev–Trinajstić information content (AvgIpc) is 2.42. The van der Waals surface area contributed by atoms with Crippen molar-refractivity contribution < 1.29 is 8.76 Å². The number of halogens is 1. The molecular weight excluding hydrogens is 324 g/mol. The van der Waals surface area contributed by atoms with Gasteiger partial charge in [0.2, 0.25) is 0 Å². The lowest BCUT2D eigenvalue weighted by molar-refractivity contribution is 0.530. The minimum absolute atomic E-state index is 0.607. The van der Waals surface area contributed by atoms with Crippen molar-refractivity contribution in [3.05, 3.63) is 70.8 Å². The van der Waals surface area contributed by atoms with E-state index in [2.05, 4.69) is 15.9 Å². The van der Waals surface area contributed by atoms with Crippen molar-refractivity contribution >= 4 is 27.0 Å². The minimum Gasteiger partial charge on any atom is -0.772 e. The van der Waals surface area contributed by atoms with Crippen LogP contribution >= 0.6 is 15.9 Å². The van der Waals surface area contributed by atoms with Crippen molar-refractivity contribution in [2.75, 3.05) is 0 Å². The Labute approximate surface area is 124 Å². The summed E-state index contributed by atoms with van der Waals surface area (Å²) in [5.74, 6) is 0. The SMILES string of the molecule is Cc1ccc(C(c2ccc(CBr)cc2)S(=O)[O-])cc1. The summed E-state index contributed by atoms with van der Waals surface area (Å²) in [6.45, 7) is 1.98. The summed E-state index contributed by atoms with van der Waals surface area (Å²) >= 11 is 1.20. The van der Waals surface area contributed by atoms with Gasteiger partial charge in [0.1, 0.15) is 0 Å². The molecule has 0 radical (unpaired) electrons. The summed E-state index contributed by atoms with van der Waals surface area (Å²) in [5.41, 5.74) is 3.84. The molecule has 0 aliphatic heterocycles. The predicted molar refractivity (Wildman–Crippen MR) is 81.0 cm³/mol. The Hall–Kier alpha value is -0.970. The van der Waals surface area contributed by atoms with Gasteiger partial charge >= 0.3 is 0 Å². The van der Waals surface area contributed by atoms with Crippen LogP contribution in [-0.4, -0.2) is 8.76 Å². The Balaban J connectivity index is 2.39. The van der Waals surface area contributed by atoms with Crippen LogP contribution in [0.15, 0.2) is 48.5 Å². The van der Waals surface area contributed by atoms with Crippen LogP contribution in [0.5, 0.6) is 0 Å². The second kappa shape index (κ2) is 6.46. The van der Waals surface area contributed by atoms with Crippen LogP contribution in [0, 0.1) is 6.92 Å². The lowest BCUT2D eigenvalue weighted by Gasteiger charge is -2.21. The van der Waals surface area contributed by atoms with E-state index >= 15 is 0 Å². The third kappa shape index (κ3) is 3.53. The maximum absolute atomic E-state index is 11.5. The van der Waals surface area contributed by atoms with Crippen molar-refractivity contribution in [3.8, 4) is 0 Å². The molecule has 0 aliphatic carbocycles. The highest BCUT2D eigenvalue weighted by Gasteiger charge is 2.14. The lowest BCUT2D eigenvalue weighted by Crippen LogP contribution is -2.07. The van der Waals surface area contributed by atoms with E-state index in [-0.39, 0.29) is 0 Å². The van der Waals surface area contributed by atoms with Gasteiger partial charge in [-0.1, -0.05) is 70.0 Å². The molecule has 0 spiro atoms. The maximum atomic E-state index is 11.5. The molecule has 0 amide bonds. The van der Waals surface area contributed by atoms with Gasteiger partial charge in [-0.05, 0) is 34.7 Å². The fraction of sp³-hybridized carbons (Fsp3) is 0.200. The topological polar surface area (TPSA) is 40.1 Å². The molecule has 2 atom stereocenters. The second-order valence-corrected chi connectivity index (χ2v) is 5.98. The first-order valence-corrected chi connectivity index (χ1v) is 8.17. The van der Waals surface area contributed by atoms with Gasteiger partial charge in [0, 0.05) is 5.33 Å². The van der Waals surface area contributed by atoms with Gasteiger partial charge in [0.15, 0.2) is 0 Å². The van der Waals surface area contributed by atoms with Crippen LogP contribution in [0.25, 0.3) is 0 Å². The van der Waals surface area contributed by atoms with Crippen molar-refractivity contribution in [1.29, 1.82) is 0 Å². The monoisotopic (exact) mass is 337 g/mol. The Morgan fingerprint density at radius 1 is 1.05 bits per heavy atom. The summed E-state index contributed by atoms with van der Waals surface area (Å²) in [6.07, 6.45) is 0. The summed E-state index contributed by atoms with van der Waals surface area (Å²) in [5, 5.41) is 0.160. The molecule has 0 saturated carbocycles. The molecule has 2 rings (SSSR count). The van der Waals surface area contributed by atoms with E-state index in [1.165, 1.54) is 0 Å². The molecule has 2 aromatic rings. The third-order valence-corrected chi connectivity index (χ3v) is 4.59. The van der Waals surface area contributed by atoms with Crippen LogP contribution in [0.2, 0.25) is 0 Å². The van der Waals surface area contributed by atoms with E-state index in [9.17, 15) is 8.76 Å². The van der Waals surface area contributed by atoms with Crippen molar-refractivity contribution in [2.24, 2.45) is 0 Å². The molecule has 0 heterocycles. The number of hydrogen-bond donors (Lipinski definition) is 0. The predicted octanol–water partition coefficient (Wildman–Crippen LogP) is 3.86. The van der Waals surface area contributed by atoms with E-state index in [1.807, 2.05) is 55.5 Å². The first kappa shape index (κ1) is 14.4. The van der Waals surface area contributed by atoms with E-state index in [4.69, 9.17) is 0 Å². The lowest BCUT2D eigenvalue weighted by atomic mass is 10.0. The zero-order valence-corrected chi connectivity index (χ0v) is 12.9. The van der Waals surface area contributed by atoms with Crippen LogP contribution in [0.1, 0.15) is 27.5 Å². The van der Waals surface area contributed by atoms with E-state index in [1.54, 1.807) is 0 Å². The van der Waals surface area contributed by atoms with Crippen LogP contribution < -0.4 is 0 Å². The van der Waals surface area contributed by atoms with Crippen LogP contribution in [0.4, 0.5) is 0 Å². The van der Waals surface area contributed by atoms with E-state index < -0.39 is 16.3 Å². The quantitative estimate of drug-likeness (QED) is 0.627. The van der Waals surface area contributed by atoms with E-state index in [0.29, 0.717) is 0 Å². The Morgan fingerprint density at radius 2 is 1.53 bits per heavy atom. The molecule has 0 bridgehead atoms. The average molecular weight is 338 g/mol. The standard InChI is InChI=1S/C15H15BrO2S/c1-11-2-6-13(7-3-11)15(19(17)18)14-8-4-12(10-16)5-9-14/h2-9,15H,10H2,1H3,(H,17,18)/p-1. The van der Waals surface area contributed by atoms with Gasteiger partial charge in [-0.2, -0.15) is 0 Å². The summed E-state index contributed by atoms with van der Waals surface area (Å²) in [4.78, 5) is 0. The molecule has 0 saturated heterocycles. The number of hydrogen-bond acceptors (Lipinski definition) is 2. The first-order valence-electron chi connectivity index (χ1n) is 5.91. The molecule has 0 fully saturated rings. The van der Waals surface area contributed by atoms with Gasteiger partial charge < -0.3 is 4.55 Å².